The van der Waals surface area contributed by atoms with Gasteiger partial charge < -0.3 is 10.0 Å². The van der Waals surface area contributed by atoms with Gasteiger partial charge in [0.1, 0.15) is 0 Å². The molecule has 0 aromatic heterocycles. The van der Waals surface area contributed by atoms with Gasteiger partial charge in [-0.2, -0.15) is 0 Å². The molecule has 0 radical (unpaired) electrons. The first kappa shape index (κ1) is 14.4. The molecule has 2 unspecified atom stereocenters. The maximum absolute atomic E-state index is 12.7. The molecule has 1 N–H and O–H groups in total. The highest BCUT2D eigenvalue weighted by atomic mass is 16.4. The molecule has 2 fully saturated rings. The van der Waals surface area contributed by atoms with Crippen LogP contribution in [0.2, 0.25) is 0 Å². The van der Waals surface area contributed by atoms with Crippen LogP contribution >= 0.6 is 0 Å². The van der Waals surface area contributed by atoms with Crippen molar-refractivity contribution in [2.45, 2.75) is 58.4 Å². The van der Waals surface area contributed by atoms with Crippen LogP contribution in [-0.2, 0) is 9.59 Å². The molecule has 1 amide bonds. The van der Waals surface area contributed by atoms with E-state index in [1.165, 1.54) is 6.42 Å². The summed E-state index contributed by atoms with van der Waals surface area (Å²) in [6.07, 6.45) is 5.68. The van der Waals surface area contributed by atoms with E-state index in [1.54, 1.807) is 0 Å². The van der Waals surface area contributed by atoms with Crippen molar-refractivity contribution < 1.29 is 14.7 Å². The third-order valence-electron chi connectivity index (χ3n) is 4.81. The number of hydrogen-bond donors (Lipinski definition) is 1. The smallest absolute Gasteiger partial charge is 0.307 e. The first-order valence-corrected chi connectivity index (χ1v) is 7.57. The van der Waals surface area contributed by atoms with Crippen LogP contribution in [0.5, 0.6) is 0 Å². The lowest BCUT2D eigenvalue weighted by Crippen LogP contribution is -2.47. The van der Waals surface area contributed by atoms with Gasteiger partial charge in [0.25, 0.3) is 0 Å². The molecule has 1 heterocycles. The van der Waals surface area contributed by atoms with Crippen LogP contribution in [0.25, 0.3) is 0 Å². The van der Waals surface area contributed by atoms with Crippen LogP contribution in [0.3, 0.4) is 0 Å². The van der Waals surface area contributed by atoms with E-state index in [2.05, 4.69) is 13.8 Å². The van der Waals surface area contributed by atoms with Crippen molar-refractivity contribution in [1.29, 1.82) is 0 Å². The number of aliphatic carboxylic acids is 1. The largest absolute Gasteiger partial charge is 0.481 e. The highest BCUT2D eigenvalue weighted by molar-refractivity contribution is 5.85. The van der Waals surface area contributed by atoms with Gasteiger partial charge in [0.15, 0.2) is 0 Å². The number of piperidine rings is 1. The molecule has 1 saturated heterocycles. The minimum absolute atomic E-state index is 0.100. The second kappa shape index (κ2) is 5.93. The summed E-state index contributed by atoms with van der Waals surface area (Å²) in [5, 5.41) is 9.30. The Bertz CT molecular complexity index is 355. The summed E-state index contributed by atoms with van der Waals surface area (Å²) in [7, 11) is 0. The molecule has 4 nitrogen and oxygen atoms in total. The molecule has 0 spiro atoms. The molecule has 108 valence electrons. The normalized spacial score (nSPS) is 35.4. The summed E-state index contributed by atoms with van der Waals surface area (Å²) in [6, 6.07) is 0.326. The molecule has 4 heteroatoms. The number of carbonyl (C=O) groups excluding carboxylic acids is 1. The molecule has 0 aromatic rings. The van der Waals surface area contributed by atoms with E-state index >= 15 is 0 Å². The van der Waals surface area contributed by atoms with Crippen LogP contribution in [0.15, 0.2) is 0 Å². The minimum atomic E-state index is -0.798. The predicted molar refractivity (Wildman–Crippen MR) is 72.7 cm³/mol. The number of rotatable bonds is 3. The summed E-state index contributed by atoms with van der Waals surface area (Å²) in [6.45, 7) is 4.98. The quantitative estimate of drug-likeness (QED) is 0.854. The van der Waals surface area contributed by atoms with Gasteiger partial charge in [0, 0.05) is 12.6 Å². The van der Waals surface area contributed by atoms with Crippen molar-refractivity contribution in [2.24, 2.45) is 17.8 Å². The molecule has 4 atom stereocenters. The Balaban J connectivity index is 2.11. The second-order valence-electron chi connectivity index (χ2n) is 6.22. The molecule has 19 heavy (non-hydrogen) atoms. The monoisotopic (exact) mass is 267 g/mol. The van der Waals surface area contributed by atoms with E-state index in [1.807, 2.05) is 4.90 Å². The number of hydrogen-bond acceptors (Lipinski definition) is 2. The zero-order valence-corrected chi connectivity index (χ0v) is 12.0. The third kappa shape index (κ3) is 2.93. The van der Waals surface area contributed by atoms with E-state index in [0.717, 1.165) is 32.2 Å². The second-order valence-corrected chi connectivity index (χ2v) is 6.22. The summed E-state index contributed by atoms with van der Waals surface area (Å²) < 4.78 is 0. The number of carbonyl (C=O) groups is 2. The van der Waals surface area contributed by atoms with Crippen LogP contribution in [0, 0.1) is 17.8 Å². The molecule has 2 rings (SSSR count). The Kier molecular flexibility index (Phi) is 4.48. The molecule has 0 bridgehead atoms. The fraction of sp³-hybridized carbons (Fsp3) is 0.867. The summed E-state index contributed by atoms with van der Waals surface area (Å²) in [4.78, 5) is 26.0. The standard InChI is InChI=1S/C15H25NO3/c1-3-11-6-4-5-7-16(11)14(17)12-8-10(2)9-13(12)15(18)19/h10-13H,3-9H2,1-2H3,(H,18,19)/t10?,11?,12-,13+/m0/s1. The Morgan fingerprint density at radius 2 is 1.89 bits per heavy atom. The van der Waals surface area contributed by atoms with Crippen LogP contribution < -0.4 is 0 Å². The lowest BCUT2D eigenvalue weighted by molar-refractivity contribution is -0.150. The molecule has 1 aliphatic heterocycles. The van der Waals surface area contributed by atoms with Crippen LogP contribution in [0.4, 0.5) is 0 Å². The number of likely N-dealkylation sites (tertiary alicyclic amines) is 1. The van der Waals surface area contributed by atoms with Gasteiger partial charge in [-0.05, 0) is 44.4 Å². The van der Waals surface area contributed by atoms with E-state index < -0.39 is 11.9 Å². The fourth-order valence-electron chi connectivity index (χ4n) is 3.77. The molecule has 2 aliphatic rings. The average Bonchev–Trinajstić information content (AvgIpc) is 2.80. The SMILES string of the molecule is CCC1CCCCN1C(=O)[C@H]1CC(C)C[C@H]1C(=O)O. The maximum atomic E-state index is 12.7. The topological polar surface area (TPSA) is 57.6 Å². The van der Waals surface area contributed by atoms with Crippen molar-refractivity contribution in [2.75, 3.05) is 6.54 Å². The fourth-order valence-corrected chi connectivity index (χ4v) is 3.77. The predicted octanol–water partition coefficient (Wildman–Crippen LogP) is 2.52. The van der Waals surface area contributed by atoms with Crippen LogP contribution in [0.1, 0.15) is 52.4 Å². The first-order valence-electron chi connectivity index (χ1n) is 7.57. The van der Waals surface area contributed by atoms with Gasteiger partial charge in [-0.3, -0.25) is 9.59 Å². The minimum Gasteiger partial charge on any atom is -0.481 e. The Morgan fingerprint density at radius 1 is 1.21 bits per heavy atom. The van der Waals surface area contributed by atoms with E-state index in [9.17, 15) is 14.7 Å². The van der Waals surface area contributed by atoms with Gasteiger partial charge in [-0.1, -0.05) is 13.8 Å². The van der Waals surface area contributed by atoms with Gasteiger partial charge in [-0.15, -0.1) is 0 Å². The van der Waals surface area contributed by atoms with Crippen molar-refractivity contribution in [3.63, 3.8) is 0 Å². The van der Waals surface area contributed by atoms with Gasteiger partial charge in [0.05, 0.1) is 11.8 Å². The van der Waals surface area contributed by atoms with E-state index in [4.69, 9.17) is 0 Å². The summed E-state index contributed by atoms with van der Waals surface area (Å²) >= 11 is 0. The van der Waals surface area contributed by atoms with Crippen molar-refractivity contribution in [3.05, 3.63) is 0 Å². The Morgan fingerprint density at radius 3 is 2.53 bits per heavy atom. The third-order valence-corrected chi connectivity index (χ3v) is 4.81. The van der Waals surface area contributed by atoms with Gasteiger partial charge >= 0.3 is 5.97 Å². The number of carboxylic acids is 1. The van der Waals surface area contributed by atoms with Crippen molar-refractivity contribution in [1.82, 2.24) is 4.90 Å². The number of nitrogens with zero attached hydrogens (tertiary/aromatic N) is 1. The zero-order chi connectivity index (χ0) is 14.0. The van der Waals surface area contributed by atoms with Crippen molar-refractivity contribution in [3.8, 4) is 0 Å². The molecular weight excluding hydrogens is 242 g/mol. The van der Waals surface area contributed by atoms with E-state index in [-0.39, 0.29) is 11.8 Å². The van der Waals surface area contributed by atoms with E-state index in [0.29, 0.717) is 18.4 Å². The lowest BCUT2D eigenvalue weighted by Gasteiger charge is -2.37. The summed E-state index contributed by atoms with van der Waals surface area (Å²) in [5.74, 6) is -1.11. The highest BCUT2D eigenvalue weighted by Gasteiger charge is 2.43. The number of amides is 1. The highest BCUT2D eigenvalue weighted by Crippen LogP contribution is 2.38. The number of carboxylic acid groups (broad SMARTS) is 1. The van der Waals surface area contributed by atoms with Gasteiger partial charge in [0.2, 0.25) is 5.91 Å². The first-order chi connectivity index (χ1) is 9.04. The van der Waals surface area contributed by atoms with Crippen molar-refractivity contribution >= 4 is 11.9 Å². The van der Waals surface area contributed by atoms with Gasteiger partial charge in [-0.25, -0.2) is 0 Å². The maximum Gasteiger partial charge on any atom is 0.307 e. The average molecular weight is 267 g/mol. The Hall–Kier alpha value is -1.06. The molecule has 1 saturated carbocycles. The summed E-state index contributed by atoms with van der Waals surface area (Å²) in [5.41, 5.74) is 0. The zero-order valence-electron chi connectivity index (χ0n) is 12.0. The lowest BCUT2D eigenvalue weighted by atomic mass is 9.91. The Labute approximate surface area is 115 Å². The van der Waals surface area contributed by atoms with Crippen LogP contribution in [-0.4, -0.2) is 34.5 Å². The molecule has 0 aromatic carbocycles. The molecular formula is C15H25NO3. The molecule has 1 aliphatic carbocycles.